The quantitative estimate of drug-likeness (QED) is 0.284. The molecule has 0 amide bonds. The molecule has 8 heavy (non-hydrogen) atoms. The van der Waals surface area contributed by atoms with Crippen LogP contribution in [-0.2, 0) is 4.79 Å². The van der Waals surface area contributed by atoms with Gasteiger partial charge >= 0.3 is 0 Å². The summed E-state index contributed by atoms with van der Waals surface area (Å²) < 4.78 is 0.568. The molecule has 0 aromatic heterocycles. The molecule has 45 valence electrons. The predicted octanol–water partition coefficient (Wildman–Crippen LogP) is 0.208. The van der Waals surface area contributed by atoms with E-state index in [1.54, 1.807) is 0 Å². The molecule has 0 heterocycles. The molecule has 0 aliphatic heterocycles. The summed E-state index contributed by atoms with van der Waals surface area (Å²) >= 11 is 0. The SMILES string of the molecule is C[N+](C)(C)[C]=CC=O. The second-order valence-corrected chi connectivity index (χ2v) is 2.44. The lowest BCUT2D eigenvalue weighted by Gasteiger charge is -2.14. The molecule has 0 fully saturated rings. The van der Waals surface area contributed by atoms with Crippen LogP contribution in [0.25, 0.3) is 0 Å². The minimum absolute atomic E-state index is 0.568. The number of hydrogen-bond donors (Lipinski definition) is 0. The summed E-state index contributed by atoms with van der Waals surface area (Å²) in [7, 11) is 5.79. The van der Waals surface area contributed by atoms with E-state index in [1.165, 1.54) is 6.08 Å². The van der Waals surface area contributed by atoms with Crippen molar-refractivity contribution < 1.29 is 9.28 Å². The van der Waals surface area contributed by atoms with Gasteiger partial charge in [-0.05, 0) is 0 Å². The lowest BCUT2D eigenvalue weighted by molar-refractivity contribution is -0.829. The van der Waals surface area contributed by atoms with Gasteiger partial charge in [-0.3, -0.25) is 9.28 Å². The maximum Gasteiger partial charge on any atom is 0.197 e. The fourth-order valence-corrected chi connectivity index (χ4v) is 0.254. The molecule has 2 nitrogen and oxygen atoms in total. The zero-order valence-corrected chi connectivity index (χ0v) is 5.51. The van der Waals surface area contributed by atoms with E-state index >= 15 is 0 Å². The van der Waals surface area contributed by atoms with Crippen LogP contribution in [0.2, 0.25) is 0 Å². The van der Waals surface area contributed by atoms with Crippen molar-refractivity contribution in [3.63, 3.8) is 0 Å². The highest BCUT2D eigenvalue weighted by atomic mass is 16.1. The van der Waals surface area contributed by atoms with E-state index in [2.05, 4.69) is 6.20 Å². The van der Waals surface area contributed by atoms with Crippen LogP contribution in [0.5, 0.6) is 0 Å². The van der Waals surface area contributed by atoms with Gasteiger partial charge in [0.05, 0.1) is 21.1 Å². The molecule has 0 aliphatic rings. The second-order valence-electron chi connectivity index (χ2n) is 2.44. The van der Waals surface area contributed by atoms with E-state index in [1.807, 2.05) is 21.1 Å². The Morgan fingerprint density at radius 3 is 2.00 bits per heavy atom. The van der Waals surface area contributed by atoms with E-state index in [-0.39, 0.29) is 0 Å². The highest BCUT2D eigenvalue weighted by Gasteiger charge is 1.99. The van der Waals surface area contributed by atoms with Gasteiger partial charge in [0.2, 0.25) is 0 Å². The van der Waals surface area contributed by atoms with Crippen molar-refractivity contribution >= 4 is 6.29 Å². The Bertz CT molecular complexity index is 99.6. The van der Waals surface area contributed by atoms with Gasteiger partial charge in [0.15, 0.2) is 6.20 Å². The molecule has 0 unspecified atom stereocenters. The van der Waals surface area contributed by atoms with Gasteiger partial charge in [0.1, 0.15) is 6.29 Å². The zero-order chi connectivity index (χ0) is 6.62. The standard InChI is InChI=1S/C6H11NO/c1-7(2,3)5-4-6-8/h4,6H,1-3H3/q+1. The highest BCUT2D eigenvalue weighted by molar-refractivity contribution is 5.63. The molecule has 1 radical (unpaired) electrons. The van der Waals surface area contributed by atoms with Crippen LogP contribution in [-0.4, -0.2) is 31.9 Å². The molecule has 2 heteroatoms. The second kappa shape index (κ2) is 2.62. The first-order valence-corrected chi connectivity index (χ1v) is 2.42. The van der Waals surface area contributed by atoms with E-state index < -0.39 is 0 Å². The first-order valence-electron chi connectivity index (χ1n) is 2.42. The van der Waals surface area contributed by atoms with E-state index in [9.17, 15) is 4.79 Å². The Balaban J connectivity index is 3.69. The molecule has 0 rings (SSSR count). The topological polar surface area (TPSA) is 17.1 Å². The van der Waals surface area contributed by atoms with Crippen LogP contribution in [0, 0.1) is 6.20 Å². The van der Waals surface area contributed by atoms with Crippen molar-refractivity contribution in [1.29, 1.82) is 0 Å². The Kier molecular flexibility index (Phi) is 2.42. The lowest BCUT2D eigenvalue weighted by atomic mass is 10.6. The number of allylic oxidation sites excluding steroid dienone is 1. The van der Waals surface area contributed by atoms with E-state index in [0.717, 1.165) is 6.29 Å². The maximum atomic E-state index is 9.72. The summed E-state index contributed by atoms with van der Waals surface area (Å²) in [5.41, 5.74) is 0. The summed E-state index contributed by atoms with van der Waals surface area (Å²) in [6.07, 6.45) is 4.92. The molecule has 0 aliphatic carbocycles. The smallest absolute Gasteiger partial charge is 0.197 e. The van der Waals surface area contributed by atoms with Crippen LogP contribution in [0.4, 0.5) is 0 Å². The predicted molar refractivity (Wildman–Crippen MR) is 31.9 cm³/mol. The number of rotatable bonds is 2. The summed E-state index contributed by atoms with van der Waals surface area (Å²) in [6, 6.07) is 0. The number of hydrogen-bond acceptors (Lipinski definition) is 1. The molecule has 0 aromatic carbocycles. The van der Waals surface area contributed by atoms with Gasteiger partial charge in [-0.2, -0.15) is 0 Å². The van der Waals surface area contributed by atoms with Crippen molar-refractivity contribution in [2.45, 2.75) is 0 Å². The van der Waals surface area contributed by atoms with Crippen LogP contribution in [0.15, 0.2) is 6.08 Å². The average Bonchev–Trinajstić information content (AvgIpc) is 1.59. The molecule has 0 saturated carbocycles. The van der Waals surface area contributed by atoms with Crippen LogP contribution in [0.3, 0.4) is 0 Å². The molecule has 0 atom stereocenters. The average molecular weight is 113 g/mol. The third kappa shape index (κ3) is 5.37. The van der Waals surface area contributed by atoms with Gasteiger partial charge in [0.25, 0.3) is 0 Å². The molecule has 0 aromatic rings. The molecule has 0 bridgehead atoms. The Labute approximate surface area is 50.0 Å². The van der Waals surface area contributed by atoms with Crippen LogP contribution in [0.1, 0.15) is 0 Å². The summed E-state index contributed by atoms with van der Waals surface area (Å²) in [5, 5.41) is 0. The fraction of sp³-hybridized carbons (Fsp3) is 0.500. The third-order valence-corrected chi connectivity index (χ3v) is 0.530. The molecule has 0 saturated heterocycles. The van der Waals surface area contributed by atoms with Crippen molar-refractivity contribution in [3.8, 4) is 0 Å². The third-order valence-electron chi connectivity index (χ3n) is 0.530. The number of carbonyl (C=O) groups is 1. The van der Waals surface area contributed by atoms with Crippen molar-refractivity contribution in [2.24, 2.45) is 0 Å². The Morgan fingerprint density at radius 2 is 1.88 bits per heavy atom. The zero-order valence-electron chi connectivity index (χ0n) is 5.51. The number of nitrogens with zero attached hydrogens (tertiary/aromatic N) is 1. The summed E-state index contributed by atoms with van der Waals surface area (Å²) in [6.45, 7) is 0. The molecular formula is C6H11NO+. The van der Waals surface area contributed by atoms with Gasteiger partial charge in [-0.15, -0.1) is 0 Å². The van der Waals surface area contributed by atoms with Crippen molar-refractivity contribution in [3.05, 3.63) is 12.3 Å². The van der Waals surface area contributed by atoms with Gasteiger partial charge in [-0.25, -0.2) is 0 Å². The first kappa shape index (κ1) is 7.37. The van der Waals surface area contributed by atoms with E-state index in [0.29, 0.717) is 4.48 Å². The molecule has 0 N–H and O–H groups in total. The fourth-order valence-electron chi connectivity index (χ4n) is 0.254. The lowest BCUT2D eigenvalue weighted by Crippen LogP contribution is -2.27. The minimum atomic E-state index is 0.568. The monoisotopic (exact) mass is 113 g/mol. The summed E-state index contributed by atoms with van der Waals surface area (Å²) in [4.78, 5) is 9.72. The Hall–Kier alpha value is -0.630. The van der Waals surface area contributed by atoms with Crippen molar-refractivity contribution in [1.82, 2.24) is 0 Å². The Morgan fingerprint density at radius 1 is 1.38 bits per heavy atom. The maximum absolute atomic E-state index is 9.72. The molecule has 0 spiro atoms. The van der Waals surface area contributed by atoms with Crippen LogP contribution < -0.4 is 0 Å². The highest BCUT2D eigenvalue weighted by Crippen LogP contribution is 1.86. The summed E-state index contributed by atoms with van der Waals surface area (Å²) in [5.74, 6) is 0. The van der Waals surface area contributed by atoms with Gasteiger partial charge < -0.3 is 0 Å². The van der Waals surface area contributed by atoms with Crippen molar-refractivity contribution in [2.75, 3.05) is 21.1 Å². The largest absolute Gasteiger partial charge is 0.298 e. The van der Waals surface area contributed by atoms with E-state index in [4.69, 9.17) is 0 Å². The number of aldehydes is 1. The van der Waals surface area contributed by atoms with Gasteiger partial charge in [-0.1, -0.05) is 0 Å². The van der Waals surface area contributed by atoms with Gasteiger partial charge in [0, 0.05) is 6.08 Å². The van der Waals surface area contributed by atoms with Crippen LogP contribution >= 0.6 is 0 Å². The minimum Gasteiger partial charge on any atom is -0.298 e. The molecular weight excluding hydrogens is 102 g/mol. The normalized spacial score (nSPS) is 12.4. The number of carbonyl (C=O) groups excluding carboxylic acids is 1. The number of quaternary nitrogens is 1. The first-order chi connectivity index (χ1) is 3.56.